The number of pyridine rings is 1. The molecule has 14 heavy (non-hydrogen) atoms. The molecule has 0 saturated heterocycles. The van der Waals surface area contributed by atoms with E-state index in [2.05, 4.69) is 10.3 Å². The van der Waals surface area contributed by atoms with Gasteiger partial charge in [0.2, 0.25) is 5.95 Å². The molecule has 0 aliphatic carbocycles. The number of nitrogens with one attached hydrogen (secondary N) is 1. The summed E-state index contributed by atoms with van der Waals surface area (Å²) in [5, 5.41) is 10.4. The zero-order chi connectivity index (χ0) is 10.6. The van der Waals surface area contributed by atoms with Gasteiger partial charge in [0.1, 0.15) is 6.54 Å². The second-order valence-electron chi connectivity index (χ2n) is 2.44. The first-order valence-corrected chi connectivity index (χ1v) is 3.71. The number of carboxylic acids is 1. The SMILES string of the molecule is O=C(O)CNC(=O)c1ccnc(F)c1. The minimum atomic E-state index is -1.16. The van der Waals surface area contributed by atoms with Crippen LogP contribution in [0.1, 0.15) is 10.4 Å². The van der Waals surface area contributed by atoms with Crippen molar-refractivity contribution in [3.63, 3.8) is 0 Å². The molecular weight excluding hydrogens is 191 g/mol. The number of aromatic nitrogens is 1. The lowest BCUT2D eigenvalue weighted by atomic mass is 10.2. The maximum absolute atomic E-state index is 12.5. The molecule has 1 heterocycles. The molecule has 0 atom stereocenters. The topological polar surface area (TPSA) is 79.3 Å². The fourth-order valence-corrected chi connectivity index (χ4v) is 0.802. The van der Waals surface area contributed by atoms with Gasteiger partial charge in [0, 0.05) is 17.8 Å². The van der Waals surface area contributed by atoms with Gasteiger partial charge >= 0.3 is 5.97 Å². The van der Waals surface area contributed by atoms with Crippen molar-refractivity contribution in [1.82, 2.24) is 10.3 Å². The Labute approximate surface area is 78.6 Å². The standard InChI is InChI=1S/C8H7FN2O3/c9-6-3-5(1-2-10-6)8(14)11-4-7(12)13/h1-3H,4H2,(H,11,14)(H,12,13). The highest BCUT2D eigenvalue weighted by Gasteiger charge is 2.07. The third kappa shape index (κ3) is 2.81. The van der Waals surface area contributed by atoms with Crippen molar-refractivity contribution >= 4 is 11.9 Å². The Hall–Kier alpha value is -1.98. The molecule has 1 aromatic rings. The van der Waals surface area contributed by atoms with Crippen molar-refractivity contribution in [3.05, 3.63) is 29.8 Å². The molecule has 6 heteroatoms. The molecule has 1 amide bonds. The predicted octanol–water partition coefficient (Wildman–Crippen LogP) is 0.0351. The molecule has 0 saturated carbocycles. The molecule has 0 fully saturated rings. The van der Waals surface area contributed by atoms with Crippen LogP contribution in [0.3, 0.4) is 0 Å². The molecule has 0 aromatic carbocycles. The van der Waals surface area contributed by atoms with Crippen LogP contribution >= 0.6 is 0 Å². The Morgan fingerprint density at radius 1 is 1.57 bits per heavy atom. The van der Waals surface area contributed by atoms with E-state index in [1.54, 1.807) is 0 Å². The van der Waals surface area contributed by atoms with Crippen LogP contribution in [0.5, 0.6) is 0 Å². The Bertz CT molecular complexity index is 367. The average Bonchev–Trinajstić information content (AvgIpc) is 2.14. The second kappa shape index (κ2) is 4.31. The molecule has 2 N–H and O–H groups in total. The van der Waals surface area contributed by atoms with Crippen LogP contribution in [0.4, 0.5) is 4.39 Å². The minimum Gasteiger partial charge on any atom is -0.480 e. The van der Waals surface area contributed by atoms with E-state index in [1.165, 1.54) is 6.07 Å². The molecule has 0 radical (unpaired) electrons. The highest BCUT2D eigenvalue weighted by Crippen LogP contribution is 1.99. The summed E-state index contributed by atoms with van der Waals surface area (Å²) >= 11 is 0. The number of nitrogens with zero attached hydrogens (tertiary/aromatic N) is 1. The molecule has 0 aliphatic rings. The number of carbonyl (C=O) groups excluding carboxylic acids is 1. The van der Waals surface area contributed by atoms with Crippen molar-refractivity contribution in [2.45, 2.75) is 0 Å². The minimum absolute atomic E-state index is 0.0405. The Balaban J connectivity index is 2.65. The van der Waals surface area contributed by atoms with Gasteiger partial charge < -0.3 is 10.4 Å². The first-order valence-electron chi connectivity index (χ1n) is 3.71. The van der Waals surface area contributed by atoms with Crippen molar-refractivity contribution < 1.29 is 19.1 Å². The molecule has 0 unspecified atom stereocenters. The number of amides is 1. The van der Waals surface area contributed by atoms with Crippen LogP contribution in [0.25, 0.3) is 0 Å². The molecular formula is C8H7FN2O3. The number of halogens is 1. The number of carboxylic acid groups (broad SMARTS) is 1. The zero-order valence-electron chi connectivity index (χ0n) is 7.03. The van der Waals surface area contributed by atoms with E-state index in [-0.39, 0.29) is 5.56 Å². The summed E-state index contributed by atoms with van der Waals surface area (Å²) in [7, 11) is 0. The Morgan fingerprint density at radius 2 is 2.29 bits per heavy atom. The maximum Gasteiger partial charge on any atom is 0.322 e. The molecule has 74 valence electrons. The number of hydrogen-bond donors (Lipinski definition) is 2. The van der Waals surface area contributed by atoms with Crippen LogP contribution in [0, 0.1) is 5.95 Å². The zero-order valence-corrected chi connectivity index (χ0v) is 7.03. The highest BCUT2D eigenvalue weighted by molar-refractivity contribution is 5.95. The van der Waals surface area contributed by atoms with Gasteiger partial charge in [0.05, 0.1) is 0 Å². The normalized spacial score (nSPS) is 9.50. The predicted molar refractivity (Wildman–Crippen MR) is 44.2 cm³/mol. The summed E-state index contributed by atoms with van der Waals surface area (Å²) in [6.07, 6.45) is 1.13. The number of aliphatic carboxylic acids is 1. The van der Waals surface area contributed by atoms with E-state index in [1.807, 2.05) is 0 Å². The van der Waals surface area contributed by atoms with Crippen LogP contribution in [-0.2, 0) is 4.79 Å². The van der Waals surface area contributed by atoms with Crippen LogP contribution in [-0.4, -0.2) is 28.5 Å². The maximum atomic E-state index is 12.5. The summed E-state index contributed by atoms with van der Waals surface area (Å²) < 4.78 is 12.5. The first kappa shape index (κ1) is 10.1. The van der Waals surface area contributed by atoms with Crippen LogP contribution < -0.4 is 5.32 Å². The molecule has 1 rings (SSSR count). The monoisotopic (exact) mass is 198 g/mol. The third-order valence-corrected chi connectivity index (χ3v) is 1.39. The van der Waals surface area contributed by atoms with Gasteiger partial charge in [-0.2, -0.15) is 4.39 Å². The van der Waals surface area contributed by atoms with Gasteiger partial charge in [-0.15, -0.1) is 0 Å². The lowest BCUT2D eigenvalue weighted by Crippen LogP contribution is -2.29. The second-order valence-corrected chi connectivity index (χ2v) is 2.44. The van der Waals surface area contributed by atoms with E-state index in [9.17, 15) is 14.0 Å². The number of carbonyl (C=O) groups is 2. The van der Waals surface area contributed by atoms with Crippen molar-refractivity contribution in [1.29, 1.82) is 0 Å². The van der Waals surface area contributed by atoms with Gasteiger partial charge in [-0.05, 0) is 6.07 Å². The van der Waals surface area contributed by atoms with Crippen molar-refractivity contribution in [2.75, 3.05) is 6.54 Å². The molecule has 1 aromatic heterocycles. The van der Waals surface area contributed by atoms with E-state index >= 15 is 0 Å². The molecule has 0 bridgehead atoms. The van der Waals surface area contributed by atoms with Gasteiger partial charge in [-0.1, -0.05) is 0 Å². The van der Waals surface area contributed by atoms with E-state index in [0.29, 0.717) is 0 Å². The van der Waals surface area contributed by atoms with Crippen LogP contribution in [0.2, 0.25) is 0 Å². The largest absolute Gasteiger partial charge is 0.480 e. The van der Waals surface area contributed by atoms with E-state index in [4.69, 9.17) is 5.11 Å². The van der Waals surface area contributed by atoms with E-state index in [0.717, 1.165) is 12.3 Å². The highest BCUT2D eigenvalue weighted by atomic mass is 19.1. The van der Waals surface area contributed by atoms with E-state index < -0.39 is 24.4 Å². The quantitative estimate of drug-likeness (QED) is 0.672. The summed E-state index contributed by atoms with van der Waals surface area (Å²) in [5.41, 5.74) is 0.0405. The van der Waals surface area contributed by atoms with Crippen molar-refractivity contribution in [2.24, 2.45) is 0 Å². The lowest BCUT2D eigenvalue weighted by Gasteiger charge is -2.01. The molecule has 0 aliphatic heterocycles. The average molecular weight is 198 g/mol. The van der Waals surface area contributed by atoms with Gasteiger partial charge in [0.15, 0.2) is 0 Å². The fraction of sp³-hybridized carbons (Fsp3) is 0.125. The summed E-state index contributed by atoms with van der Waals surface area (Å²) in [6.45, 7) is -0.497. The molecule has 0 spiro atoms. The number of hydrogen-bond acceptors (Lipinski definition) is 3. The van der Waals surface area contributed by atoms with Gasteiger partial charge in [-0.25, -0.2) is 4.98 Å². The summed E-state index contributed by atoms with van der Waals surface area (Å²) in [5.74, 6) is -2.59. The van der Waals surface area contributed by atoms with Gasteiger partial charge in [-0.3, -0.25) is 9.59 Å². The summed E-state index contributed by atoms with van der Waals surface area (Å²) in [6, 6.07) is 2.22. The Kier molecular flexibility index (Phi) is 3.11. The third-order valence-electron chi connectivity index (χ3n) is 1.39. The lowest BCUT2D eigenvalue weighted by molar-refractivity contribution is -0.135. The first-order chi connectivity index (χ1) is 6.59. The summed E-state index contributed by atoms with van der Waals surface area (Å²) in [4.78, 5) is 24.5. The van der Waals surface area contributed by atoms with Crippen LogP contribution in [0.15, 0.2) is 18.3 Å². The fourth-order valence-electron chi connectivity index (χ4n) is 0.802. The Morgan fingerprint density at radius 3 is 2.86 bits per heavy atom. The smallest absolute Gasteiger partial charge is 0.322 e. The number of rotatable bonds is 3. The molecule has 5 nitrogen and oxygen atoms in total. The van der Waals surface area contributed by atoms with Gasteiger partial charge in [0.25, 0.3) is 5.91 Å². The van der Waals surface area contributed by atoms with Crippen molar-refractivity contribution in [3.8, 4) is 0 Å².